The van der Waals surface area contributed by atoms with Gasteiger partial charge in [-0.1, -0.05) is 32.0 Å². The normalized spacial score (nSPS) is 13.9. The Labute approximate surface area is 135 Å². The van der Waals surface area contributed by atoms with Gasteiger partial charge in [0, 0.05) is 23.5 Å². The lowest BCUT2D eigenvalue weighted by atomic mass is 10.0. The molecule has 0 aliphatic carbocycles. The van der Waals surface area contributed by atoms with E-state index in [1.54, 1.807) is 0 Å². The number of benzene rings is 1. The van der Waals surface area contributed by atoms with Crippen LogP contribution in [0.4, 0.5) is 0 Å². The molecule has 2 amide bonds. The molecule has 0 bridgehead atoms. The molecule has 6 N–H and O–H groups in total. The highest BCUT2D eigenvalue weighted by molar-refractivity contribution is 5.90. The van der Waals surface area contributed by atoms with Crippen molar-refractivity contribution < 1.29 is 9.59 Å². The highest BCUT2D eigenvalue weighted by Crippen LogP contribution is 2.19. The number of nitrogens with one attached hydrogen (secondary N) is 2. The minimum absolute atomic E-state index is 0.302. The fourth-order valence-corrected chi connectivity index (χ4v) is 2.64. The van der Waals surface area contributed by atoms with E-state index in [0.29, 0.717) is 18.8 Å². The van der Waals surface area contributed by atoms with Crippen LogP contribution in [-0.4, -0.2) is 28.9 Å². The van der Waals surface area contributed by atoms with Gasteiger partial charge in [-0.2, -0.15) is 0 Å². The predicted octanol–water partition coefficient (Wildman–Crippen LogP) is 1.05. The van der Waals surface area contributed by atoms with Crippen LogP contribution in [0.3, 0.4) is 0 Å². The summed E-state index contributed by atoms with van der Waals surface area (Å²) in [5, 5.41) is 3.69. The molecule has 0 fully saturated rings. The molecule has 2 atom stereocenters. The summed E-state index contributed by atoms with van der Waals surface area (Å²) in [4.78, 5) is 27.0. The van der Waals surface area contributed by atoms with Crippen molar-refractivity contribution in [3.63, 3.8) is 0 Å². The molecule has 0 saturated heterocycles. The van der Waals surface area contributed by atoms with Gasteiger partial charge >= 0.3 is 0 Å². The van der Waals surface area contributed by atoms with Gasteiger partial charge in [-0.3, -0.25) is 9.59 Å². The monoisotopic (exact) mass is 316 g/mol. The van der Waals surface area contributed by atoms with Gasteiger partial charge in [0.1, 0.15) is 6.04 Å². The van der Waals surface area contributed by atoms with Gasteiger partial charge in [0.2, 0.25) is 11.8 Å². The van der Waals surface area contributed by atoms with Gasteiger partial charge in [-0.15, -0.1) is 0 Å². The summed E-state index contributed by atoms with van der Waals surface area (Å²) in [5.41, 5.74) is 13.2. The van der Waals surface area contributed by atoms with Gasteiger partial charge in [0.15, 0.2) is 0 Å². The Bertz CT molecular complexity index is 693. The van der Waals surface area contributed by atoms with Crippen LogP contribution < -0.4 is 16.8 Å². The minimum atomic E-state index is -0.778. The van der Waals surface area contributed by atoms with Gasteiger partial charge in [-0.05, 0) is 24.0 Å². The van der Waals surface area contributed by atoms with Crippen molar-refractivity contribution in [3.05, 3.63) is 36.0 Å². The Balaban J connectivity index is 2.10. The largest absolute Gasteiger partial charge is 0.368 e. The number of para-hydroxylation sites is 1. The van der Waals surface area contributed by atoms with Crippen molar-refractivity contribution in [1.82, 2.24) is 10.3 Å². The second-order valence-electron chi connectivity index (χ2n) is 6.26. The molecule has 0 aliphatic heterocycles. The van der Waals surface area contributed by atoms with Gasteiger partial charge in [0.05, 0.1) is 6.04 Å². The summed E-state index contributed by atoms with van der Waals surface area (Å²) in [6, 6.07) is 6.36. The van der Waals surface area contributed by atoms with Crippen molar-refractivity contribution in [2.75, 3.05) is 0 Å². The molecule has 23 heavy (non-hydrogen) atoms. The predicted molar refractivity (Wildman–Crippen MR) is 90.6 cm³/mol. The number of carbonyl (C=O) groups excluding carboxylic acids is 2. The number of primary amides is 1. The van der Waals surface area contributed by atoms with Crippen molar-refractivity contribution in [3.8, 4) is 0 Å². The van der Waals surface area contributed by atoms with E-state index < -0.39 is 18.0 Å². The zero-order chi connectivity index (χ0) is 17.0. The first-order chi connectivity index (χ1) is 10.9. The molecule has 2 rings (SSSR count). The number of nitrogens with two attached hydrogens (primary N) is 2. The number of carbonyl (C=O) groups is 2. The first-order valence-corrected chi connectivity index (χ1v) is 7.78. The standard InChI is InChI=1S/C17H24N4O2/c1-10(2)7-13(18)17(23)21-15(16(19)22)8-11-9-20-14-6-4-3-5-12(11)14/h3-6,9-10,13,15,20H,7-8,18H2,1-2H3,(H2,19,22)(H,21,23)/t13-,15-/m1/s1. The van der Waals surface area contributed by atoms with Crippen molar-refractivity contribution >= 4 is 22.7 Å². The summed E-state index contributed by atoms with van der Waals surface area (Å²) >= 11 is 0. The lowest BCUT2D eigenvalue weighted by Gasteiger charge is -2.19. The van der Waals surface area contributed by atoms with Crippen LogP contribution >= 0.6 is 0 Å². The number of H-pyrrole nitrogens is 1. The number of hydrogen-bond acceptors (Lipinski definition) is 3. The van der Waals surface area contributed by atoms with Crippen molar-refractivity contribution in [2.45, 2.75) is 38.8 Å². The Kier molecular flexibility index (Phi) is 5.39. The summed E-state index contributed by atoms with van der Waals surface area (Å²) in [7, 11) is 0. The highest BCUT2D eigenvalue weighted by Gasteiger charge is 2.23. The maximum atomic E-state index is 12.1. The van der Waals surface area contributed by atoms with Crippen molar-refractivity contribution in [1.29, 1.82) is 0 Å². The van der Waals surface area contributed by atoms with E-state index in [1.807, 2.05) is 44.3 Å². The lowest BCUT2D eigenvalue weighted by Crippen LogP contribution is -2.51. The van der Waals surface area contributed by atoms with Crippen LogP contribution in [0.25, 0.3) is 10.9 Å². The van der Waals surface area contributed by atoms with Crippen LogP contribution in [0.15, 0.2) is 30.5 Å². The third-order valence-electron chi connectivity index (χ3n) is 3.82. The average Bonchev–Trinajstić information content (AvgIpc) is 2.89. The second-order valence-corrected chi connectivity index (χ2v) is 6.26. The quantitative estimate of drug-likeness (QED) is 0.612. The van der Waals surface area contributed by atoms with Crippen molar-refractivity contribution in [2.24, 2.45) is 17.4 Å². The molecule has 6 heteroatoms. The first-order valence-electron chi connectivity index (χ1n) is 7.78. The third kappa shape index (κ3) is 4.32. The number of aromatic amines is 1. The molecule has 1 heterocycles. The first kappa shape index (κ1) is 17.0. The van der Waals surface area contributed by atoms with Crippen LogP contribution in [0.2, 0.25) is 0 Å². The van der Waals surface area contributed by atoms with Crippen LogP contribution in [0, 0.1) is 5.92 Å². The summed E-state index contributed by atoms with van der Waals surface area (Å²) < 4.78 is 0. The van der Waals surface area contributed by atoms with Gasteiger partial charge in [0.25, 0.3) is 0 Å². The molecule has 0 spiro atoms. The second kappa shape index (κ2) is 7.28. The topological polar surface area (TPSA) is 114 Å². The van der Waals surface area contributed by atoms with E-state index in [4.69, 9.17) is 11.5 Å². The molecule has 0 unspecified atom stereocenters. The summed E-state index contributed by atoms with van der Waals surface area (Å²) in [5.74, 6) is -0.612. The molecule has 1 aromatic heterocycles. The number of amides is 2. The van der Waals surface area contributed by atoms with E-state index in [2.05, 4.69) is 10.3 Å². The Morgan fingerprint density at radius 2 is 1.96 bits per heavy atom. The maximum absolute atomic E-state index is 12.1. The van der Waals surface area contributed by atoms with E-state index in [-0.39, 0.29) is 5.91 Å². The van der Waals surface area contributed by atoms with Crippen LogP contribution in [0.1, 0.15) is 25.8 Å². The summed E-state index contributed by atoms with van der Waals surface area (Å²) in [6.07, 6.45) is 2.73. The smallest absolute Gasteiger partial charge is 0.240 e. The number of hydrogen-bond donors (Lipinski definition) is 4. The van der Waals surface area contributed by atoms with E-state index in [9.17, 15) is 9.59 Å². The Morgan fingerprint density at radius 3 is 2.61 bits per heavy atom. The van der Waals surface area contributed by atoms with Crippen LogP contribution in [0.5, 0.6) is 0 Å². The molecule has 1 aromatic carbocycles. The molecule has 0 saturated carbocycles. The van der Waals surface area contributed by atoms with E-state index in [1.165, 1.54) is 0 Å². The fourth-order valence-electron chi connectivity index (χ4n) is 2.64. The lowest BCUT2D eigenvalue weighted by molar-refractivity contribution is -0.128. The molecule has 0 radical (unpaired) electrons. The zero-order valence-corrected chi connectivity index (χ0v) is 13.5. The molecule has 0 aliphatic rings. The highest BCUT2D eigenvalue weighted by atomic mass is 16.2. The summed E-state index contributed by atoms with van der Waals surface area (Å²) in [6.45, 7) is 3.98. The molecule has 2 aromatic rings. The zero-order valence-electron chi connectivity index (χ0n) is 13.5. The fraction of sp³-hybridized carbons (Fsp3) is 0.412. The molecular weight excluding hydrogens is 292 g/mol. The Morgan fingerprint density at radius 1 is 1.26 bits per heavy atom. The molecular formula is C17H24N4O2. The number of fused-ring (bicyclic) bond motifs is 1. The number of rotatable bonds is 7. The van der Waals surface area contributed by atoms with E-state index >= 15 is 0 Å². The molecule has 124 valence electrons. The van der Waals surface area contributed by atoms with Gasteiger partial charge < -0.3 is 21.8 Å². The van der Waals surface area contributed by atoms with E-state index in [0.717, 1.165) is 16.5 Å². The van der Waals surface area contributed by atoms with Crippen LogP contribution in [-0.2, 0) is 16.0 Å². The molecule has 6 nitrogen and oxygen atoms in total. The Hall–Kier alpha value is -2.34. The average molecular weight is 316 g/mol. The SMILES string of the molecule is CC(C)C[C@@H](N)C(=O)N[C@H](Cc1c[nH]c2ccccc12)C(N)=O. The van der Waals surface area contributed by atoms with Gasteiger partial charge in [-0.25, -0.2) is 0 Å². The minimum Gasteiger partial charge on any atom is -0.368 e. The maximum Gasteiger partial charge on any atom is 0.240 e. The number of aromatic nitrogens is 1. The third-order valence-corrected chi connectivity index (χ3v) is 3.82.